The van der Waals surface area contributed by atoms with Crippen LogP contribution in [0.25, 0.3) is 0 Å². The minimum Gasteiger partial charge on any atom is -0.493 e. The van der Waals surface area contributed by atoms with E-state index >= 15 is 0 Å². The zero-order valence-corrected chi connectivity index (χ0v) is 17.8. The SMILES string of the molecule is COc1ccc(C2(CCNS(=O)(=O)c3ccc(C)cc3)C=CCC=C2)cc1OC. The molecule has 0 saturated carbocycles. The lowest BCUT2D eigenvalue weighted by atomic mass is 9.75. The van der Waals surface area contributed by atoms with Crippen molar-refractivity contribution in [2.45, 2.75) is 30.1 Å². The third-order valence-corrected chi connectivity index (χ3v) is 6.66. The van der Waals surface area contributed by atoms with Crippen molar-refractivity contribution >= 4 is 10.0 Å². The van der Waals surface area contributed by atoms with Crippen molar-refractivity contribution < 1.29 is 17.9 Å². The molecule has 6 heteroatoms. The van der Waals surface area contributed by atoms with Gasteiger partial charge >= 0.3 is 0 Å². The number of hydrogen-bond donors (Lipinski definition) is 1. The number of aryl methyl sites for hydroxylation is 1. The second kappa shape index (κ2) is 8.84. The zero-order valence-electron chi connectivity index (χ0n) is 17.0. The van der Waals surface area contributed by atoms with E-state index in [1.807, 2.05) is 25.1 Å². The molecule has 0 unspecified atom stereocenters. The van der Waals surface area contributed by atoms with Gasteiger partial charge in [0.2, 0.25) is 10.0 Å². The minimum atomic E-state index is -3.55. The van der Waals surface area contributed by atoms with Gasteiger partial charge in [0.05, 0.1) is 19.1 Å². The van der Waals surface area contributed by atoms with Gasteiger partial charge in [0, 0.05) is 12.0 Å². The van der Waals surface area contributed by atoms with Crippen LogP contribution in [0.5, 0.6) is 11.5 Å². The van der Waals surface area contributed by atoms with Crippen molar-refractivity contribution in [3.05, 3.63) is 77.9 Å². The molecule has 0 amide bonds. The molecule has 0 atom stereocenters. The van der Waals surface area contributed by atoms with Crippen molar-refractivity contribution in [1.82, 2.24) is 4.72 Å². The summed E-state index contributed by atoms with van der Waals surface area (Å²) in [6.45, 7) is 2.23. The molecule has 3 rings (SSSR count). The fraction of sp³-hybridized carbons (Fsp3) is 0.304. The largest absolute Gasteiger partial charge is 0.493 e. The maximum Gasteiger partial charge on any atom is 0.240 e. The second-order valence-corrected chi connectivity index (χ2v) is 8.88. The monoisotopic (exact) mass is 413 g/mol. The summed E-state index contributed by atoms with van der Waals surface area (Å²) in [7, 11) is -0.341. The molecular weight excluding hydrogens is 386 g/mol. The van der Waals surface area contributed by atoms with Crippen LogP contribution in [0.2, 0.25) is 0 Å². The molecule has 1 N–H and O–H groups in total. The topological polar surface area (TPSA) is 64.6 Å². The number of allylic oxidation sites excluding steroid dienone is 4. The van der Waals surface area contributed by atoms with Gasteiger partial charge in [0.25, 0.3) is 0 Å². The van der Waals surface area contributed by atoms with E-state index < -0.39 is 15.4 Å². The predicted molar refractivity (Wildman–Crippen MR) is 115 cm³/mol. The van der Waals surface area contributed by atoms with Crippen molar-refractivity contribution in [3.8, 4) is 11.5 Å². The fourth-order valence-corrected chi connectivity index (χ4v) is 4.54. The van der Waals surface area contributed by atoms with Crippen LogP contribution in [-0.2, 0) is 15.4 Å². The molecule has 1 aliphatic carbocycles. The molecule has 0 aliphatic heterocycles. The fourth-order valence-electron chi connectivity index (χ4n) is 3.51. The highest BCUT2D eigenvalue weighted by Crippen LogP contribution is 2.38. The Morgan fingerprint density at radius 1 is 0.966 bits per heavy atom. The summed E-state index contributed by atoms with van der Waals surface area (Å²) >= 11 is 0. The van der Waals surface area contributed by atoms with Crippen LogP contribution in [-0.4, -0.2) is 29.2 Å². The van der Waals surface area contributed by atoms with Crippen molar-refractivity contribution in [1.29, 1.82) is 0 Å². The van der Waals surface area contributed by atoms with Crippen LogP contribution in [0.15, 0.2) is 71.7 Å². The van der Waals surface area contributed by atoms with Crippen LogP contribution in [0.1, 0.15) is 24.0 Å². The van der Waals surface area contributed by atoms with Crippen LogP contribution < -0.4 is 14.2 Å². The van der Waals surface area contributed by atoms with Gasteiger partial charge in [0.1, 0.15) is 0 Å². The molecule has 1 aliphatic rings. The van der Waals surface area contributed by atoms with Crippen molar-refractivity contribution in [3.63, 3.8) is 0 Å². The third-order valence-electron chi connectivity index (χ3n) is 5.19. The summed E-state index contributed by atoms with van der Waals surface area (Å²) in [5.41, 5.74) is 1.64. The first-order valence-corrected chi connectivity index (χ1v) is 11.0. The maximum atomic E-state index is 12.6. The molecule has 0 fully saturated rings. The Hall–Kier alpha value is -2.57. The minimum absolute atomic E-state index is 0.276. The standard InChI is InChI=1S/C23H27NO4S/c1-18-7-10-20(11-8-18)29(25,26)24-16-15-23(13-5-4-6-14-23)19-9-12-21(27-2)22(17-19)28-3/h5-14,17,24H,4,15-16H2,1-3H3. The number of benzene rings is 2. The number of methoxy groups -OCH3 is 2. The average Bonchev–Trinajstić information content (AvgIpc) is 2.74. The van der Waals surface area contributed by atoms with E-state index in [0.29, 0.717) is 24.5 Å². The Kier molecular flexibility index (Phi) is 6.45. The smallest absolute Gasteiger partial charge is 0.240 e. The number of ether oxygens (including phenoxy) is 2. The Bertz CT molecular complexity index is 996. The molecule has 2 aromatic rings. The highest BCUT2D eigenvalue weighted by atomic mass is 32.2. The molecule has 0 bridgehead atoms. The predicted octanol–water partition coefficient (Wildman–Crippen LogP) is 4.13. The zero-order chi connectivity index (χ0) is 20.9. The van der Waals surface area contributed by atoms with E-state index in [2.05, 4.69) is 29.0 Å². The molecule has 0 saturated heterocycles. The molecule has 0 radical (unpaired) electrons. The highest BCUT2D eigenvalue weighted by Gasteiger charge is 2.29. The van der Waals surface area contributed by atoms with E-state index in [1.165, 1.54) is 0 Å². The van der Waals surface area contributed by atoms with Gasteiger partial charge in [-0.2, -0.15) is 0 Å². The quantitative estimate of drug-likeness (QED) is 0.661. The first-order chi connectivity index (χ1) is 13.9. The summed E-state index contributed by atoms with van der Waals surface area (Å²) in [6, 6.07) is 12.7. The van der Waals surface area contributed by atoms with E-state index in [0.717, 1.165) is 17.5 Å². The number of rotatable bonds is 8. The number of nitrogens with one attached hydrogen (secondary N) is 1. The summed E-state index contributed by atoms with van der Waals surface area (Å²) in [5.74, 6) is 1.31. The second-order valence-electron chi connectivity index (χ2n) is 7.11. The first-order valence-electron chi connectivity index (χ1n) is 9.54. The van der Waals surface area contributed by atoms with Crippen molar-refractivity contribution in [2.24, 2.45) is 0 Å². The lowest BCUT2D eigenvalue weighted by molar-refractivity contribution is 0.354. The van der Waals surface area contributed by atoms with Gasteiger partial charge in [-0.3, -0.25) is 0 Å². The Morgan fingerprint density at radius 3 is 2.24 bits per heavy atom. The van der Waals surface area contributed by atoms with Gasteiger partial charge in [0.15, 0.2) is 11.5 Å². The highest BCUT2D eigenvalue weighted by molar-refractivity contribution is 7.89. The van der Waals surface area contributed by atoms with E-state index in [-0.39, 0.29) is 4.90 Å². The third kappa shape index (κ3) is 4.71. The molecule has 29 heavy (non-hydrogen) atoms. The molecule has 0 aromatic heterocycles. The van der Waals surface area contributed by atoms with E-state index in [4.69, 9.17) is 9.47 Å². The maximum absolute atomic E-state index is 12.6. The van der Waals surface area contributed by atoms with Crippen LogP contribution in [0.4, 0.5) is 0 Å². The van der Waals surface area contributed by atoms with E-state index in [9.17, 15) is 8.42 Å². The van der Waals surface area contributed by atoms with Crippen LogP contribution >= 0.6 is 0 Å². The number of sulfonamides is 1. The molecular formula is C23H27NO4S. The van der Waals surface area contributed by atoms with Crippen molar-refractivity contribution in [2.75, 3.05) is 20.8 Å². The molecule has 5 nitrogen and oxygen atoms in total. The summed E-state index contributed by atoms with van der Waals surface area (Å²) in [4.78, 5) is 0.276. The Labute approximate surface area is 173 Å². The summed E-state index contributed by atoms with van der Waals surface area (Å²) < 4.78 is 38.8. The average molecular weight is 414 g/mol. The summed E-state index contributed by atoms with van der Waals surface area (Å²) in [5, 5.41) is 0. The van der Waals surface area contributed by atoms with Crippen LogP contribution in [0, 0.1) is 6.92 Å². The summed E-state index contributed by atoms with van der Waals surface area (Å²) in [6.07, 6.45) is 9.92. The van der Waals surface area contributed by atoms with Crippen LogP contribution in [0.3, 0.4) is 0 Å². The molecule has 2 aromatic carbocycles. The van der Waals surface area contributed by atoms with Gasteiger partial charge in [-0.1, -0.05) is 48.1 Å². The first kappa shape index (κ1) is 21.1. The van der Waals surface area contributed by atoms with Gasteiger partial charge in [-0.25, -0.2) is 13.1 Å². The lowest BCUT2D eigenvalue weighted by Gasteiger charge is -2.31. The normalized spacial score (nSPS) is 15.3. The molecule has 154 valence electrons. The Morgan fingerprint density at radius 2 is 1.62 bits per heavy atom. The lowest BCUT2D eigenvalue weighted by Crippen LogP contribution is -2.31. The van der Waals surface area contributed by atoms with Gasteiger partial charge < -0.3 is 9.47 Å². The Balaban J connectivity index is 1.82. The van der Waals surface area contributed by atoms with Gasteiger partial charge in [-0.05, 0) is 49.6 Å². The van der Waals surface area contributed by atoms with Gasteiger partial charge in [-0.15, -0.1) is 0 Å². The number of hydrogen-bond acceptors (Lipinski definition) is 4. The molecule has 0 heterocycles. The van der Waals surface area contributed by atoms with E-state index in [1.54, 1.807) is 38.5 Å². The molecule has 0 spiro atoms.